The largest absolute Gasteiger partial charge is 0.356 e. The van der Waals surface area contributed by atoms with Gasteiger partial charge in [-0.2, -0.15) is 0 Å². The van der Waals surface area contributed by atoms with Crippen molar-refractivity contribution >= 4 is 5.82 Å². The van der Waals surface area contributed by atoms with Crippen molar-refractivity contribution in [2.45, 2.75) is 39.0 Å². The van der Waals surface area contributed by atoms with Crippen LogP contribution in [0.1, 0.15) is 44.9 Å². The van der Waals surface area contributed by atoms with Crippen LogP contribution >= 0.6 is 0 Å². The van der Waals surface area contributed by atoms with Crippen LogP contribution in [0.15, 0.2) is 10.9 Å². The summed E-state index contributed by atoms with van der Waals surface area (Å²) in [6, 6.07) is 1.65. The normalized spacial score (nSPS) is 28.4. The van der Waals surface area contributed by atoms with Gasteiger partial charge in [0.05, 0.1) is 0 Å². The second-order valence-electron chi connectivity index (χ2n) is 5.95. The fraction of sp³-hybridized carbons (Fsp3) is 0.714. The average molecular weight is 247 g/mol. The van der Waals surface area contributed by atoms with Gasteiger partial charge < -0.3 is 9.88 Å². The van der Waals surface area contributed by atoms with Crippen LogP contribution in [-0.4, -0.2) is 23.1 Å². The lowest BCUT2D eigenvalue weighted by Gasteiger charge is -2.36. The van der Waals surface area contributed by atoms with Crippen LogP contribution < -0.4 is 10.5 Å². The average Bonchev–Trinajstić information content (AvgIpc) is 3.16. The minimum Gasteiger partial charge on any atom is -0.356 e. The van der Waals surface area contributed by atoms with Crippen molar-refractivity contribution < 1.29 is 0 Å². The summed E-state index contributed by atoms with van der Waals surface area (Å²) in [6.45, 7) is 6.63. The summed E-state index contributed by atoms with van der Waals surface area (Å²) in [5.41, 5.74) is -0.00632. The van der Waals surface area contributed by atoms with Crippen LogP contribution in [0.2, 0.25) is 0 Å². The van der Waals surface area contributed by atoms with Gasteiger partial charge in [-0.1, -0.05) is 13.8 Å². The van der Waals surface area contributed by atoms with E-state index in [4.69, 9.17) is 0 Å². The molecule has 1 aromatic rings. The molecule has 1 saturated heterocycles. The highest BCUT2D eigenvalue weighted by atomic mass is 16.1. The SMILES string of the molecule is CC1CCN(c2cc(=O)[nH]c(C3CC3)n2)CC1C. The van der Waals surface area contributed by atoms with E-state index in [0.717, 1.165) is 30.6 Å². The molecule has 0 spiro atoms. The number of hydrogen-bond acceptors (Lipinski definition) is 3. The van der Waals surface area contributed by atoms with E-state index in [2.05, 4.69) is 28.7 Å². The van der Waals surface area contributed by atoms with Gasteiger partial charge in [-0.15, -0.1) is 0 Å². The Morgan fingerprint density at radius 3 is 2.72 bits per heavy atom. The summed E-state index contributed by atoms with van der Waals surface area (Å²) in [5.74, 6) is 3.71. The molecule has 2 unspecified atom stereocenters. The number of piperidine rings is 1. The van der Waals surface area contributed by atoms with Crippen LogP contribution in [0.25, 0.3) is 0 Å². The fourth-order valence-corrected chi connectivity index (χ4v) is 2.65. The quantitative estimate of drug-likeness (QED) is 0.871. The van der Waals surface area contributed by atoms with Gasteiger partial charge in [-0.3, -0.25) is 4.79 Å². The Bertz CT molecular complexity index is 492. The number of rotatable bonds is 2. The Hall–Kier alpha value is -1.32. The summed E-state index contributed by atoms with van der Waals surface area (Å²) in [7, 11) is 0. The lowest BCUT2D eigenvalue weighted by Crippen LogP contribution is -2.39. The first-order chi connectivity index (χ1) is 8.63. The minimum absolute atomic E-state index is 0.00632. The number of nitrogens with zero attached hydrogens (tertiary/aromatic N) is 2. The van der Waals surface area contributed by atoms with Gasteiger partial charge in [0.2, 0.25) is 0 Å². The van der Waals surface area contributed by atoms with E-state index in [1.54, 1.807) is 6.07 Å². The van der Waals surface area contributed by atoms with Crippen molar-refractivity contribution in [1.29, 1.82) is 0 Å². The molecule has 1 N–H and O–H groups in total. The zero-order chi connectivity index (χ0) is 12.7. The second-order valence-corrected chi connectivity index (χ2v) is 5.95. The summed E-state index contributed by atoms with van der Waals surface area (Å²) in [5, 5.41) is 0. The van der Waals surface area contributed by atoms with Gasteiger partial charge in [-0.25, -0.2) is 4.98 Å². The molecule has 0 radical (unpaired) electrons. The van der Waals surface area contributed by atoms with E-state index in [0.29, 0.717) is 11.8 Å². The molecular formula is C14H21N3O. The molecule has 2 atom stereocenters. The maximum atomic E-state index is 11.7. The highest BCUT2D eigenvalue weighted by Crippen LogP contribution is 2.38. The van der Waals surface area contributed by atoms with E-state index < -0.39 is 0 Å². The van der Waals surface area contributed by atoms with Gasteiger partial charge >= 0.3 is 0 Å². The topological polar surface area (TPSA) is 49.0 Å². The lowest BCUT2D eigenvalue weighted by molar-refractivity contribution is 0.322. The van der Waals surface area contributed by atoms with Gasteiger partial charge in [-0.05, 0) is 31.1 Å². The molecule has 2 heterocycles. The molecule has 1 saturated carbocycles. The van der Waals surface area contributed by atoms with Crippen LogP contribution in [0.5, 0.6) is 0 Å². The summed E-state index contributed by atoms with van der Waals surface area (Å²) in [6.07, 6.45) is 3.52. The summed E-state index contributed by atoms with van der Waals surface area (Å²) >= 11 is 0. The zero-order valence-electron chi connectivity index (χ0n) is 11.1. The molecule has 0 amide bonds. The molecule has 1 aliphatic carbocycles. The van der Waals surface area contributed by atoms with Crippen LogP contribution in [0.4, 0.5) is 5.82 Å². The van der Waals surface area contributed by atoms with Crippen LogP contribution in [-0.2, 0) is 0 Å². The molecule has 2 aliphatic rings. The number of H-pyrrole nitrogens is 1. The highest BCUT2D eigenvalue weighted by molar-refractivity contribution is 5.38. The number of aromatic nitrogens is 2. The van der Waals surface area contributed by atoms with Crippen molar-refractivity contribution in [3.8, 4) is 0 Å². The Balaban J connectivity index is 1.85. The molecule has 18 heavy (non-hydrogen) atoms. The zero-order valence-corrected chi connectivity index (χ0v) is 11.1. The van der Waals surface area contributed by atoms with E-state index in [1.165, 1.54) is 19.3 Å². The van der Waals surface area contributed by atoms with Gasteiger partial charge in [0, 0.05) is 25.1 Å². The predicted molar refractivity (Wildman–Crippen MR) is 72.0 cm³/mol. The standard InChI is InChI=1S/C14H21N3O/c1-9-5-6-17(8-10(9)2)12-7-13(18)16-14(15-12)11-3-4-11/h7,9-11H,3-6,8H2,1-2H3,(H,15,16,18). The van der Waals surface area contributed by atoms with Crippen molar-refractivity contribution in [3.63, 3.8) is 0 Å². The molecule has 0 bridgehead atoms. The molecule has 2 fully saturated rings. The minimum atomic E-state index is -0.00632. The number of hydrogen-bond donors (Lipinski definition) is 1. The first-order valence-electron chi connectivity index (χ1n) is 6.99. The Morgan fingerprint density at radius 2 is 2.06 bits per heavy atom. The maximum Gasteiger partial charge on any atom is 0.252 e. The third-order valence-corrected chi connectivity index (χ3v) is 4.37. The van der Waals surface area contributed by atoms with Crippen molar-refractivity contribution in [3.05, 3.63) is 22.2 Å². The smallest absolute Gasteiger partial charge is 0.252 e. The lowest BCUT2D eigenvalue weighted by atomic mass is 9.89. The van der Waals surface area contributed by atoms with Crippen molar-refractivity contribution in [2.75, 3.05) is 18.0 Å². The Kier molecular flexibility index (Phi) is 2.88. The molecule has 4 nitrogen and oxygen atoms in total. The number of aromatic amines is 1. The molecule has 3 rings (SSSR count). The number of anilines is 1. The second kappa shape index (κ2) is 4.41. The van der Waals surface area contributed by atoms with Gasteiger partial charge in [0.15, 0.2) is 0 Å². The molecule has 4 heteroatoms. The molecule has 0 aromatic carbocycles. The Morgan fingerprint density at radius 1 is 1.28 bits per heavy atom. The van der Waals surface area contributed by atoms with Crippen molar-refractivity contribution in [2.24, 2.45) is 11.8 Å². The van der Waals surface area contributed by atoms with Gasteiger partial charge in [0.1, 0.15) is 11.6 Å². The molecule has 1 aromatic heterocycles. The predicted octanol–water partition coefficient (Wildman–Crippen LogP) is 2.13. The third-order valence-electron chi connectivity index (χ3n) is 4.37. The molecule has 1 aliphatic heterocycles. The monoisotopic (exact) mass is 247 g/mol. The van der Waals surface area contributed by atoms with E-state index in [1.807, 2.05) is 0 Å². The van der Waals surface area contributed by atoms with E-state index in [9.17, 15) is 4.79 Å². The van der Waals surface area contributed by atoms with Crippen LogP contribution in [0, 0.1) is 11.8 Å². The fourth-order valence-electron chi connectivity index (χ4n) is 2.65. The van der Waals surface area contributed by atoms with Crippen LogP contribution in [0.3, 0.4) is 0 Å². The van der Waals surface area contributed by atoms with E-state index in [-0.39, 0.29) is 5.56 Å². The first-order valence-corrected chi connectivity index (χ1v) is 6.99. The van der Waals surface area contributed by atoms with Crippen molar-refractivity contribution in [1.82, 2.24) is 9.97 Å². The summed E-state index contributed by atoms with van der Waals surface area (Å²) < 4.78 is 0. The number of nitrogens with one attached hydrogen (secondary N) is 1. The van der Waals surface area contributed by atoms with E-state index >= 15 is 0 Å². The molecule has 98 valence electrons. The third kappa shape index (κ3) is 2.28. The first kappa shape index (κ1) is 11.8. The summed E-state index contributed by atoms with van der Waals surface area (Å²) in [4.78, 5) is 21.5. The maximum absolute atomic E-state index is 11.7. The Labute approximate surface area is 107 Å². The molecular weight excluding hydrogens is 226 g/mol. The van der Waals surface area contributed by atoms with Gasteiger partial charge in [0.25, 0.3) is 5.56 Å². The highest BCUT2D eigenvalue weighted by Gasteiger charge is 2.28.